The van der Waals surface area contributed by atoms with Gasteiger partial charge in [-0.2, -0.15) is 5.26 Å². The van der Waals surface area contributed by atoms with E-state index in [9.17, 15) is 0 Å². The Bertz CT molecular complexity index is 585. The maximum atomic E-state index is 9.01. The fourth-order valence-electron chi connectivity index (χ4n) is 1.60. The number of nitrogen functional groups attached to an aromatic ring is 1. The third-order valence-electron chi connectivity index (χ3n) is 2.56. The summed E-state index contributed by atoms with van der Waals surface area (Å²) in [6, 6.07) is 14.9. The molecule has 0 heterocycles. The fourth-order valence-corrected chi connectivity index (χ4v) is 1.77. The minimum Gasteiger partial charge on any atom is -0.399 e. The number of nitrogens with zero attached hydrogens (tertiary/aromatic N) is 1. The number of hydrogen-bond donors (Lipinski definition) is 2. The van der Waals surface area contributed by atoms with Crippen LogP contribution in [-0.2, 0) is 6.54 Å². The van der Waals surface area contributed by atoms with Gasteiger partial charge in [-0.3, -0.25) is 0 Å². The van der Waals surface area contributed by atoms with Crippen molar-refractivity contribution in [2.75, 3.05) is 11.1 Å². The number of rotatable bonds is 3. The van der Waals surface area contributed by atoms with E-state index in [4.69, 9.17) is 22.6 Å². The van der Waals surface area contributed by atoms with Crippen molar-refractivity contribution in [3.63, 3.8) is 0 Å². The van der Waals surface area contributed by atoms with Gasteiger partial charge in [0.25, 0.3) is 0 Å². The topological polar surface area (TPSA) is 61.8 Å². The first-order valence-corrected chi connectivity index (χ1v) is 5.85. The normalized spacial score (nSPS) is 9.78. The molecule has 0 radical (unpaired) electrons. The molecule has 3 N–H and O–H groups in total. The van der Waals surface area contributed by atoms with Crippen molar-refractivity contribution < 1.29 is 0 Å². The van der Waals surface area contributed by atoms with Crippen LogP contribution in [0.3, 0.4) is 0 Å². The van der Waals surface area contributed by atoms with Crippen LogP contribution in [0.1, 0.15) is 11.1 Å². The van der Waals surface area contributed by atoms with Gasteiger partial charge in [-0.15, -0.1) is 0 Å². The molecule has 90 valence electrons. The first kappa shape index (κ1) is 12.3. The van der Waals surface area contributed by atoms with Crippen molar-refractivity contribution in [3.05, 3.63) is 58.6 Å². The maximum absolute atomic E-state index is 9.01. The number of benzene rings is 2. The largest absolute Gasteiger partial charge is 0.399 e. The van der Waals surface area contributed by atoms with Crippen molar-refractivity contribution in [3.8, 4) is 6.07 Å². The maximum Gasteiger partial charge on any atom is 0.101 e. The molecule has 0 aliphatic rings. The third kappa shape index (κ3) is 2.93. The molecule has 0 bridgehead atoms. The molecular formula is C14H12ClN3. The highest BCUT2D eigenvalue weighted by atomic mass is 35.5. The molecule has 0 spiro atoms. The Morgan fingerprint density at radius 3 is 2.56 bits per heavy atom. The van der Waals surface area contributed by atoms with Crippen molar-refractivity contribution >= 4 is 23.0 Å². The lowest BCUT2D eigenvalue weighted by atomic mass is 10.1. The Morgan fingerprint density at radius 1 is 1.17 bits per heavy atom. The van der Waals surface area contributed by atoms with Crippen molar-refractivity contribution in [1.82, 2.24) is 0 Å². The summed E-state index contributed by atoms with van der Waals surface area (Å²) in [6.07, 6.45) is 0. The molecule has 0 aliphatic carbocycles. The van der Waals surface area contributed by atoms with Gasteiger partial charge in [0, 0.05) is 17.3 Å². The van der Waals surface area contributed by atoms with Crippen LogP contribution in [0.25, 0.3) is 0 Å². The highest BCUT2D eigenvalue weighted by molar-refractivity contribution is 6.30. The van der Waals surface area contributed by atoms with E-state index < -0.39 is 0 Å². The van der Waals surface area contributed by atoms with Gasteiger partial charge >= 0.3 is 0 Å². The number of nitrogens with two attached hydrogens (primary N) is 1. The smallest absolute Gasteiger partial charge is 0.101 e. The van der Waals surface area contributed by atoms with E-state index in [1.807, 2.05) is 24.3 Å². The minimum atomic E-state index is 0.540. The molecular weight excluding hydrogens is 246 g/mol. The Hall–Kier alpha value is -2.18. The summed E-state index contributed by atoms with van der Waals surface area (Å²) in [4.78, 5) is 0. The van der Waals surface area contributed by atoms with Gasteiger partial charge in [0.05, 0.1) is 11.3 Å². The van der Waals surface area contributed by atoms with Gasteiger partial charge in [0.2, 0.25) is 0 Å². The summed E-state index contributed by atoms with van der Waals surface area (Å²) in [6.45, 7) is 0.636. The third-order valence-corrected chi connectivity index (χ3v) is 2.80. The molecule has 3 nitrogen and oxygen atoms in total. The van der Waals surface area contributed by atoms with Crippen LogP contribution in [0.15, 0.2) is 42.5 Å². The molecule has 2 aromatic carbocycles. The lowest BCUT2D eigenvalue weighted by molar-refractivity contribution is 1.15. The average Bonchev–Trinajstić information content (AvgIpc) is 2.39. The van der Waals surface area contributed by atoms with Gasteiger partial charge in [-0.25, -0.2) is 0 Å². The summed E-state index contributed by atoms with van der Waals surface area (Å²) in [5.41, 5.74) is 8.77. The highest BCUT2D eigenvalue weighted by Gasteiger charge is 2.02. The van der Waals surface area contributed by atoms with E-state index in [1.54, 1.807) is 18.2 Å². The van der Waals surface area contributed by atoms with Crippen LogP contribution in [-0.4, -0.2) is 0 Å². The van der Waals surface area contributed by atoms with Gasteiger partial charge in [-0.1, -0.05) is 23.7 Å². The zero-order valence-corrected chi connectivity index (χ0v) is 10.4. The molecule has 2 rings (SSSR count). The Morgan fingerprint density at radius 2 is 1.89 bits per heavy atom. The van der Waals surface area contributed by atoms with Crippen LogP contribution >= 0.6 is 11.6 Å². The van der Waals surface area contributed by atoms with Crippen LogP contribution < -0.4 is 11.1 Å². The summed E-state index contributed by atoms with van der Waals surface area (Å²) >= 11 is 5.84. The monoisotopic (exact) mass is 257 g/mol. The summed E-state index contributed by atoms with van der Waals surface area (Å²) < 4.78 is 0. The summed E-state index contributed by atoms with van der Waals surface area (Å²) in [5, 5.41) is 12.8. The number of nitriles is 1. The van der Waals surface area contributed by atoms with E-state index in [2.05, 4.69) is 11.4 Å². The Balaban J connectivity index is 2.11. The van der Waals surface area contributed by atoms with Gasteiger partial charge < -0.3 is 11.1 Å². The standard InChI is InChI=1S/C14H12ClN3/c15-12-3-6-14(11(7-12)8-16)18-9-10-1-4-13(17)5-2-10/h1-7,18H,9,17H2. The lowest BCUT2D eigenvalue weighted by Gasteiger charge is -2.08. The van der Waals surface area contributed by atoms with Crippen molar-refractivity contribution in [1.29, 1.82) is 5.26 Å². The van der Waals surface area contributed by atoms with Gasteiger partial charge in [0.15, 0.2) is 0 Å². The molecule has 0 aliphatic heterocycles. The van der Waals surface area contributed by atoms with Crippen molar-refractivity contribution in [2.24, 2.45) is 0 Å². The predicted octanol–water partition coefficient (Wildman–Crippen LogP) is 3.41. The van der Waals surface area contributed by atoms with Crippen molar-refractivity contribution in [2.45, 2.75) is 6.54 Å². The molecule has 0 unspecified atom stereocenters. The lowest BCUT2D eigenvalue weighted by Crippen LogP contribution is -2.01. The molecule has 0 aromatic heterocycles. The van der Waals surface area contributed by atoms with Crippen LogP contribution in [0.4, 0.5) is 11.4 Å². The summed E-state index contributed by atoms with van der Waals surface area (Å²) in [7, 11) is 0. The van der Waals surface area contributed by atoms with E-state index in [0.29, 0.717) is 17.1 Å². The molecule has 2 aromatic rings. The van der Waals surface area contributed by atoms with Crippen LogP contribution in [0.5, 0.6) is 0 Å². The average molecular weight is 258 g/mol. The number of nitrogens with one attached hydrogen (secondary N) is 1. The molecule has 4 heteroatoms. The second kappa shape index (κ2) is 5.44. The van der Waals surface area contributed by atoms with E-state index >= 15 is 0 Å². The first-order valence-electron chi connectivity index (χ1n) is 5.47. The predicted molar refractivity (Wildman–Crippen MR) is 74.3 cm³/mol. The molecule has 0 saturated heterocycles. The quantitative estimate of drug-likeness (QED) is 0.829. The zero-order chi connectivity index (χ0) is 13.0. The van der Waals surface area contributed by atoms with E-state index in [0.717, 1.165) is 16.9 Å². The van der Waals surface area contributed by atoms with E-state index in [1.165, 1.54) is 0 Å². The summed E-state index contributed by atoms with van der Waals surface area (Å²) in [5.74, 6) is 0. The van der Waals surface area contributed by atoms with Crippen LogP contribution in [0.2, 0.25) is 5.02 Å². The fraction of sp³-hybridized carbons (Fsp3) is 0.0714. The first-order chi connectivity index (χ1) is 8.69. The van der Waals surface area contributed by atoms with Gasteiger partial charge in [0.1, 0.15) is 6.07 Å². The van der Waals surface area contributed by atoms with Gasteiger partial charge in [-0.05, 0) is 35.9 Å². The number of anilines is 2. The van der Waals surface area contributed by atoms with E-state index in [-0.39, 0.29) is 0 Å². The van der Waals surface area contributed by atoms with Crippen LogP contribution in [0, 0.1) is 11.3 Å². The zero-order valence-electron chi connectivity index (χ0n) is 9.65. The Kier molecular flexibility index (Phi) is 3.71. The second-order valence-electron chi connectivity index (χ2n) is 3.90. The molecule has 0 saturated carbocycles. The molecule has 0 atom stereocenters. The number of hydrogen-bond acceptors (Lipinski definition) is 3. The second-order valence-corrected chi connectivity index (χ2v) is 4.33. The molecule has 0 fully saturated rings. The minimum absolute atomic E-state index is 0.540. The SMILES string of the molecule is N#Cc1cc(Cl)ccc1NCc1ccc(N)cc1. The molecule has 18 heavy (non-hydrogen) atoms. The Labute approximate surface area is 111 Å². The molecule has 0 amide bonds. The number of halogens is 1. The highest BCUT2D eigenvalue weighted by Crippen LogP contribution is 2.20.